The smallest absolute Gasteiger partial charge is 0.411 e. The van der Waals surface area contributed by atoms with Crippen LogP contribution in [0.3, 0.4) is 0 Å². The summed E-state index contributed by atoms with van der Waals surface area (Å²) in [7, 11) is 1.63. The molecule has 1 fully saturated rings. The molecular formula is C21H30N2O4. The second kappa shape index (κ2) is 7.79. The number of hydrogen-bond donors (Lipinski definition) is 1. The second-order valence-corrected chi connectivity index (χ2v) is 8.45. The number of nitrogens with zero attached hydrogens (tertiary/aromatic N) is 1. The summed E-state index contributed by atoms with van der Waals surface area (Å²) in [6.07, 6.45) is 4.32. The first-order valence-corrected chi connectivity index (χ1v) is 9.72. The molecule has 1 saturated carbocycles. The van der Waals surface area contributed by atoms with Crippen LogP contribution in [0.2, 0.25) is 0 Å². The van der Waals surface area contributed by atoms with Gasteiger partial charge in [-0.3, -0.25) is 9.69 Å². The number of carbonyl (C=O) groups excluding carboxylic acids is 2. The molecule has 1 aliphatic carbocycles. The molecule has 27 heavy (non-hydrogen) atoms. The molecule has 6 heteroatoms. The van der Waals surface area contributed by atoms with Crippen LogP contribution in [0.5, 0.6) is 5.75 Å². The number of fused-ring (bicyclic) bond motifs is 1. The third-order valence-electron chi connectivity index (χ3n) is 5.18. The Morgan fingerprint density at radius 1 is 1.15 bits per heavy atom. The molecule has 0 aromatic heterocycles. The van der Waals surface area contributed by atoms with Gasteiger partial charge in [-0.1, -0.05) is 18.9 Å². The zero-order valence-corrected chi connectivity index (χ0v) is 16.7. The van der Waals surface area contributed by atoms with Crippen molar-refractivity contribution in [3.63, 3.8) is 0 Å². The first-order valence-electron chi connectivity index (χ1n) is 9.72. The van der Waals surface area contributed by atoms with E-state index in [1.165, 1.54) is 0 Å². The van der Waals surface area contributed by atoms with Crippen molar-refractivity contribution in [1.29, 1.82) is 0 Å². The van der Waals surface area contributed by atoms with E-state index in [2.05, 4.69) is 5.32 Å². The minimum Gasteiger partial charge on any atom is -0.497 e. The molecule has 0 spiro atoms. The van der Waals surface area contributed by atoms with Crippen molar-refractivity contribution >= 4 is 12.0 Å². The van der Waals surface area contributed by atoms with Crippen LogP contribution in [0.25, 0.3) is 0 Å². The van der Waals surface area contributed by atoms with Gasteiger partial charge in [0.15, 0.2) is 0 Å². The normalized spacial score (nSPS) is 20.1. The summed E-state index contributed by atoms with van der Waals surface area (Å²) >= 11 is 0. The summed E-state index contributed by atoms with van der Waals surface area (Å²) < 4.78 is 10.9. The van der Waals surface area contributed by atoms with Crippen molar-refractivity contribution in [2.45, 2.75) is 77.1 Å². The molecule has 0 unspecified atom stereocenters. The Bertz CT molecular complexity index is 705. The molecule has 1 aliphatic heterocycles. The third kappa shape index (κ3) is 4.73. The minimum absolute atomic E-state index is 0.0961. The highest BCUT2D eigenvalue weighted by Crippen LogP contribution is 2.29. The maximum atomic E-state index is 13.0. The number of amides is 2. The average Bonchev–Trinajstić information content (AvgIpc) is 3.11. The monoisotopic (exact) mass is 374 g/mol. The highest BCUT2D eigenvalue weighted by atomic mass is 16.6. The fourth-order valence-electron chi connectivity index (χ4n) is 3.80. The van der Waals surface area contributed by atoms with Crippen LogP contribution in [-0.4, -0.2) is 41.7 Å². The Labute approximate surface area is 161 Å². The van der Waals surface area contributed by atoms with Crippen molar-refractivity contribution in [3.8, 4) is 5.75 Å². The van der Waals surface area contributed by atoms with Crippen molar-refractivity contribution in [3.05, 3.63) is 29.3 Å². The molecule has 2 aliphatic rings. The molecule has 0 radical (unpaired) electrons. The zero-order valence-electron chi connectivity index (χ0n) is 16.7. The molecular weight excluding hydrogens is 344 g/mol. The number of ether oxygens (including phenoxy) is 2. The molecule has 3 rings (SSSR count). The first-order chi connectivity index (χ1) is 12.8. The highest BCUT2D eigenvalue weighted by molar-refractivity contribution is 5.87. The van der Waals surface area contributed by atoms with E-state index in [1.54, 1.807) is 12.0 Å². The average molecular weight is 374 g/mol. The highest BCUT2D eigenvalue weighted by Gasteiger charge is 2.38. The van der Waals surface area contributed by atoms with Crippen LogP contribution in [0, 0.1) is 0 Å². The molecule has 6 nitrogen and oxygen atoms in total. The van der Waals surface area contributed by atoms with Crippen molar-refractivity contribution in [2.24, 2.45) is 0 Å². The number of benzene rings is 1. The maximum Gasteiger partial charge on any atom is 0.411 e. The summed E-state index contributed by atoms with van der Waals surface area (Å²) in [5.74, 6) is 0.663. The molecule has 1 aromatic rings. The molecule has 2 amide bonds. The van der Waals surface area contributed by atoms with Gasteiger partial charge in [0.1, 0.15) is 17.4 Å². The van der Waals surface area contributed by atoms with Gasteiger partial charge in [-0.2, -0.15) is 0 Å². The van der Waals surface area contributed by atoms with Gasteiger partial charge in [0.05, 0.1) is 13.7 Å². The summed E-state index contributed by atoms with van der Waals surface area (Å²) in [6.45, 7) is 5.86. The van der Waals surface area contributed by atoms with E-state index in [1.807, 2.05) is 39.0 Å². The molecule has 1 heterocycles. The molecule has 1 atom stereocenters. The van der Waals surface area contributed by atoms with E-state index in [4.69, 9.17) is 9.47 Å². The number of hydrogen-bond acceptors (Lipinski definition) is 4. The van der Waals surface area contributed by atoms with E-state index in [9.17, 15) is 9.59 Å². The van der Waals surface area contributed by atoms with Crippen molar-refractivity contribution in [1.82, 2.24) is 10.2 Å². The summed E-state index contributed by atoms with van der Waals surface area (Å²) in [4.78, 5) is 27.4. The van der Waals surface area contributed by atoms with E-state index < -0.39 is 17.7 Å². The van der Waals surface area contributed by atoms with Crippen molar-refractivity contribution in [2.75, 3.05) is 7.11 Å². The van der Waals surface area contributed by atoms with Gasteiger partial charge in [0.25, 0.3) is 0 Å². The molecule has 148 valence electrons. The van der Waals surface area contributed by atoms with Crippen molar-refractivity contribution < 1.29 is 19.1 Å². The Morgan fingerprint density at radius 2 is 1.85 bits per heavy atom. The van der Waals surface area contributed by atoms with Crippen LogP contribution >= 0.6 is 0 Å². The van der Waals surface area contributed by atoms with Gasteiger partial charge >= 0.3 is 6.09 Å². The topological polar surface area (TPSA) is 67.9 Å². The van der Waals surface area contributed by atoms with Crippen LogP contribution in [0.1, 0.15) is 57.6 Å². The van der Waals surface area contributed by atoms with Gasteiger partial charge in [0.2, 0.25) is 5.91 Å². The standard InChI is InChI=1S/C21H30N2O4/c1-21(2,3)27-20(25)23-13-14-9-10-17(26-4)11-15(14)12-18(23)19(24)22-16-7-5-6-8-16/h9-11,16,18H,5-8,12-13H2,1-4H3,(H,22,24)/t18-/m0/s1. The third-order valence-corrected chi connectivity index (χ3v) is 5.18. The number of rotatable bonds is 3. The lowest BCUT2D eigenvalue weighted by Crippen LogP contribution is -2.54. The predicted molar refractivity (Wildman–Crippen MR) is 103 cm³/mol. The molecule has 0 saturated heterocycles. The second-order valence-electron chi connectivity index (χ2n) is 8.45. The molecule has 0 bridgehead atoms. The Balaban J connectivity index is 1.84. The van der Waals surface area contributed by atoms with Crippen LogP contribution in [0.4, 0.5) is 4.79 Å². The minimum atomic E-state index is -0.607. The fourth-order valence-corrected chi connectivity index (χ4v) is 3.80. The van der Waals surface area contributed by atoms with E-state index in [-0.39, 0.29) is 11.9 Å². The van der Waals surface area contributed by atoms with Crippen LogP contribution in [0.15, 0.2) is 18.2 Å². The van der Waals surface area contributed by atoms with Crippen LogP contribution in [-0.2, 0) is 22.5 Å². The van der Waals surface area contributed by atoms with Gasteiger partial charge in [-0.15, -0.1) is 0 Å². The van der Waals surface area contributed by atoms with E-state index in [0.717, 1.165) is 42.6 Å². The lowest BCUT2D eigenvalue weighted by Gasteiger charge is -2.37. The Hall–Kier alpha value is -2.24. The first kappa shape index (κ1) is 19.5. The quantitative estimate of drug-likeness (QED) is 0.880. The van der Waals surface area contributed by atoms with Gasteiger partial charge in [0, 0.05) is 12.5 Å². The van der Waals surface area contributed by atoms with Crippen LogP contribution < -0.4 is 10.1 Å². The number of nitrogens with one attached hydrogen (secondary N) is 1. The predicted octanol–water partition coefficient (Wildman–Crippen LogP) is 3.42. The van der Waals surface area contributed by atoms with Gasteiger partial charge in [-0.25, -0.2) is 4.79 Å². The summed E-state index contributed by atoms with van der Waals surface area (Å²) in [5, 5.41) is 3.14. The lowest BCUT2D eigenvalue weighted by molar-refractivity contribution is -0.127. The molecule has 1 aromatic carbocycles. The number of carbonyl (C=O) groups is 2. The molecule has 1 N–H and O–H groups in total. The maximum absolute atomic E-state index is 13.0. The summed E-state index contributed by atoms with van der Waals surface area (Å²) in [6, 6.07) is 5.43. The SMILES string of the molecule is COc1ccc2c(c1)C[C@@H](C(=O)NC1CCCC1)N(C(=O)OC(C)(C)C)C2. The largest absolute Gasteiger partial charge is 0.497 e. The lowest BCUT2D eigenvalue weighted by atomic mass is 9.93. The van der Waals surface area contributed by atoms with Gasteiger partial charge < -0.3 is 14.8 Å². The fraction of sp³-hybridized carbons (Fsp3) is 0.619. The summed E-state index contributed by atoms with van der Waals surface area (Å²) in [5.41, 5.74) is 1.45. The Kier molecular flexibility index (Phi) is 5.63. The Morgan fingerprint density at radius 3 is 2.48 bits per heavy atom. The van der Waals surface area contributed by atoms with E-state index in [0.29, 0.717) is 13.0 Å². The van der Waals surface area contributed by atoms with Gasteiger partial charge in [-0.05, 0) is 56.9 Å². The van der Waals surface area contributed by atoms with E-state index >= 15 is 0 Å². The zero-order chi connectivity index (χ0) is 19.6. The number of methoxy groups -OCH3 is 1.